The average molecular weight is 1840 g/mol. The van der Waals surface area contributed by atoms with E-state index in [1.165, 1.54) is 71.9 Å². The summed E-state index contributed by atoms with van der Waals surface area (Å²) in [5.41, 5.74) is 13.4. The van der Waals surface area contributed by atoms with Crippen LogP contribution in [0.25, 0.3) is 0 Å². The fourth-order valence-electron chi connectivity index (χ4n) is 18.0. The minimum absolute atomic E-state index is 0.0156. The molecule has 11 nitrogen and oxygen atoms in total. The molecule has 0 heterocycles. The van der Waals surface area contributed by atoms with E-state index < -0.39 is 51.6 Å². The number of carbonyl (C=O) groups excluding carboxylic acids is 2. The van der Waals surface area contributed by atoms with Gasteiger partial charge in [0.1, 0.15) is 0 Å². The second-order valence-electron chi connectivity index (χ2n) is 43.5. The van der Waals surface area contributed by atoms with Gasteiger partial charge in [0.2, 0.25) is 0 Å². The Hall–Kier alpha value is -4.57. The van der Waals surface area contributed by atoms with Crippen LogP contribution in [0.4, 0.5) is 0 Å². The number of halogens is 2. The van der Waals surface area contributed by atoms with Gasteiger partial charge in [-0.15, -0.1) is 23.2 Å². The average Bonchev–Trinajstić information content (AvgIpc) is 1.62. The van der Waals surface area contributed by atoms with E-state index in [1.807, 2.05) is 62.4 Å². The molecule has 3 saturated carbocycles. The van der Waals surface area contributed by atoms with Gasteiger partial charge in [0.15, 0.2) is 33.3 Å². The van der Waals surface area contributed by atoms with Gasteiger partial charge in [0.05, 0.1) is 67.1 Å². The molecule has 0 spiro atoms. The number of esters is 2. The second-order valence-corrected chi connectivity index (χ2v) is 63.7. The smallest absolute Gasteiger partial charge is 0.338 e. The largest absolute Gasteiger partial charge is 0.462 e. The van der Waals surface area contributed by atoms with Gasteiger partial charge in [0, 0.05) is 28.5 Å². The van der Waals surface area contributed by atoms with Crippen molar-refractivity contribution in [1.82, 2.24) is 0 Å². The number of aryl methyl sites for hydroxylation is 4. The van der Waals surface area contributed by atoms with E-state index >= 15 is 0 Å². The Bertz CT molecular complexity index is 4000. The first-order chi connectivity index (χ1) is 59.1. The molecule has 3 aliphatic rings. The summed E-state index contributed by atoms with van der Waals surface area (Å²) in [6, 6.07) is 51.2. The highest BCUT2D eigenvalue weighted by Gasteiger charge is 2.51. The van der Waals surface area contributed by atoms with Crippen molar-refractivity contribution >= 4 is 68.4 Å². The number of aliphatic hydroxyl groups excluding tert-OH is 3. The Morgan fingerprint density at radius 3 is 1.13 bits per heavy atom. The molecule has 9 rings (SSSR count). The standard InChI is InChI=1S/C41H67ClO4Si2.C41H68O5Si2.C27H37ClO2/c2*1-13-15-16-23-36(45-47(9,10)40(3,4)5)31-24-26-32(27-25-31)38-34(35(42)29-37(38)46-48(11,12)41(6,7)8)22-18-20-30-19-17-21-33(28-30)39(43)44-14-2;1-3-4-5-12-25(29)21-13-15-22(16-14-21)27-23(24(28)18-26(27)30)11-7-10-20-9-6-8-19(2)17-20/h17,19,21,24-28,34-38H,13-16,18,20,22-23,29H2,1-12H3;17,19,21,24-28,34-38,42H,13-16,18,20,22-23,29H2,1-12H3;6,8-9,13-17,23-27,29-30H,3-5,7,10-12,18H2,1-2H3/t34-,35+,36?,37+,38+;34-,35-,36?,37+,38+;23-,24+,25?,26+,27+/m000/s1. The van der Waals surface area contributed by atoms with Crippen molar-refractivity contribution in [3.63, 3.8) is 0 Å². The molecule has 126 heavy (non-hydrogen) atoms. The molecule has 704 valence electrons. The first-order valence-electron chi connectivity index (χ1n) is 49.0. The molecule has 0 aromatic heterocycles. The van der Waals surface area contributed by atoms with Crippen LogP contribution in [0.3, 0.4) is 0 Å². The van der Waals surface area contributed by atoms with Crippen molar-refractivity contribution in [3.05, 3.63) is 212 Å². The fourth-order valence-corrected chi connectivity index (χ4v) is 24.3. The van der Waals surface area contributed by atoms with Crippen molar-refractivity contribution in [2.24, 2.45) is 17.8 Å². The predicted octanol–water partition coefficient (Wildman–Crippen LogP) is 30.7. The maximum Gasteiger partial charge on any atom is 0.338 e. The van der Waals surface area contributed by atoms with E-state index in [1.54, 1.807) is 0 Å². The molecule has 0 radical (unpaired) electrons. The fraction of sp³-hybridized carbons (Fsp3) is 0.651. The molecule has 6 aromatic rings. The van der Waals surface area contributed by atoms with E-state index in [9.17, 15) is 24.9 Å². The summed E-state index contributed by atoms with van der Waals surface area (Å²) in [4.78, 5) is 24.6. The van der Waals surface area contributed by atoms with Gasteiger partial charge >= 0.3 is 11.9 Å². The van der Waals surface area contributed by atoms with Gasteiger partial charge in [-0.25, -0.2) is 9.59 Å². The minimum Gasteiger partial charge on any atom is -0.462 e. The number of hydrogen-bond acceptors (Lipinski definition) is 11. The molecule has 3 aliphatic carbocycles. The van der Waals surface area contributed by atoms with E-state index in [4.69, 9.17) is 50.4 Å². The van der Waals surface area contributed by atoms with E-state index in [2.05, 4.69) is 260 Å². The summed E-state index contributed by atoms with van der Waals surface area (Å²) < 4.78 is 38.9. The monoisotopic (exact) mass is 1840 g/mol. The van der Waals surface area contributed by atoms with Crippen molar-refractivity contribution in [1.29, 1.82) is 0 Å². The Morgan fingerprint density at radius 1 is 0.397 bits per heavy atom. The van der Waals surface area contributed by atoms with Crippen LogP contribution >= 0.6 is 23.2 Å². The summed E-state index contributed by atoms with van der Waals surface area (Å²) in [6.07, 6.45) is 23.5. The lowest BCUT2D eigenvalue weighted by Gasteiger charge is -2.40. The molecular formula is C109H172Cl2O11Si4. The van der Waals surface area contributed by atoms with Crippen molar-refractivity contribution in [3.8, 4) is 0 Å². The third-order valence-electron chi connectivity index (χ3n) is 29.7. The van der Waals surface area contributed by atoms with Crippen LogP contribution in [-0.2, 0) is 46.4 Å². The number of unbranched alkanes of at least 4 members (excludes halogenated alkanes) is 6. The number of aliphatic hydroxyl groups is 3. The van der Waals surface area contributed by atoms with E-state index in [0.717, 1.165) is 125 Å². The van der Waals surface area contributed by atoms with E-state index in [-0.39, 0.29) is 96.9 Å². The topological polar surface area (TPSA) is 150 Å². The van der Waals surface area contributed by atoms with Gasteiger partial charge < -0.3 is 42.5 Å². The Kier molecular flexibility index (Phi) is 42.5. The molecule has 17 heteroatoms. The Balaban J connectivity index is 0.000000267. The second kappa shape index (κ2) is 49.4. The van der Waals surface area contributed by atoms with Gasteiger partial charge in [-0.1, -0.05) is 289 Å². The first kappa shape index (κ1) is 108. The highest BCUT2D eigenvalue weighted by molar-refractivity contribution is 6.75. The number of ether oxygens (including phenoxy) is 2. The van der Waals surface area contributed by atoms with E-state index in [0.29, 0.717) is 43.1 Å². The summed E-state index contributed by atoms with van der Waals surface area (Å²) in [6.45, 7) is 59.8. The SMILES string of the molecule is CCCCCC(O)c1ccc([C@@H]2[C@@H](CCCc3cccc(C)c3)[C@H](Cl)C[C@H]2O)cc1.CCCCCC(O[Si](C)(C)C(C)(C)C)c1ccc([C@@H]2[C@@H](CCCc3cccc(C(=O)OCC)c3)[C@@H](O)C[C@H]2O[Si](C)(C)C(C)(C)C)cc1.CCCCCC(O[Si](C)(C)C(C)(C)C)c1ccc([C@@H]2[C@@H](CCCc3cccc(C(=O)OCC)c3)[C@H](Cl)C[C@H]2O[Si](C)(C)C(C)(C)C)cc1. The number of rotatable bonds is 42. The summed E-state index contributed by atoms with van der Waals surface area (Å²) in [5.74, 6) is 0.597. The maximum atomic E-state index is 12.3. The third-order valence-corrected chi connectivity index (χ3v) is 48.7. The zero-order valence-corrected chi connectivity index (χ0v) is 88.8. The third kappa shape index (κ3) is 31.5. The van der Waals surface area contributed by atoms with Gasteiger partial charge in [-0.2, -0.15) is 0 Å². The Morgan fingerprint density at radius 2 is 0.738 bits per heavy atom. The predicted molar refractivity (Wildman–Crippen MR) is 542 cm³/mol. The van der Waals surface area contributed by atoms with Crippen LogP contribution in [0.5, 0.6) is 0 Å². The molecule has 3 N–H and O–H groups in total. The lowest BCUT2D eigenvalue weighted by molar-refractivity contribution is 0.0516. The molecule has 0 saturated heterocycles. The minimum atomic E-state index is -2.07. The first-order valence-corrected chi connectivity index (χ1v) is 61.5. The summed E-state index contributed by atoms with van der Waals surface area (Å²) in [5, 5.41) is 33.3. The highest BCUT2D eigenvalue weighted by Crippen LogP contribution is 2.53. The highest BCUT2D eigenvalue weighted by atomic mass is 35.5. The quantitative estimate of drug-likeness (QED) is 0.0145. The van der Waals surface area contributed by atoms with Crippen molar-refractivity contribution in [2.45, 2.75) is 422 Å². The summed E-state index contributed by atoms with van der Waals surface area (Å²) in [7, 11) is -8.00. The zero-order valence-electron chi connectivity index (χ0n) is 83.3. The van der Waals surface area contributed by atoms with Gasteiger partial charge in [-0.3, -0.25) is 0 Å². The molecule has 0 aliphatic heterocycles. The lowest BCUT2D eigenvalue weighted by atomic mass is 9.83. The number of alkyl halides is 2. The molecule has 15 atom stereocenters. The van der Waals surface area contributed by atoms with Gasteiger partial charge in [0.25, 0.3) is 0 Å². The molecular weight excluding hydrogens is 1670 g/mol. The normalized spacial score (nSPS) is 22.2. The number of benzene rings is 6. The molecule has 0 bridgehead atoms. The summed E-state index contributed by atoms with van der Waals surface area (Å²) >= 11 is 13.9. The number of carbonyl (C=O) groups is 2. The lowest BCUT2D eigenvalue weighted by Crippen LogP contribution is -2.44. The van der Waals surface area contributed by atoms with Crippen LogP contribution in [0.1, 0.15) is 365 Å². The van der Waals surface area contributed by atoms with Crippen LogP contribution in [0.2, 0.25) is 72.5 Å². The maximum absolute atomic E-state index is 12.3. The van der Waals surface area contributed by atoms with Crippen molar-refractivity contribution in [2.75, 3.05) is 13.2 Å². The molecule has 3 fully saturated rings. The van der Waals surface area contributed by atoms with Crippen LogP contribution < -0.4 is 0 Å². The Labute approximate surface area is 780 Å². The number of hydrogen-bond donors (Lipinski definition) is 3. The molecule has 0 amide bonds. The van der Waals surface area contributed by atoms with Crippen LogP contribution in [0.15, 0.2) is 146 Å². The van der Waals surface area contributed by atoms with Gasteiger partial charge in [-0.05, 0) is 282 Å². The van der Waals surface area contributed by atoms with Crippen molar-refractivity contribution < 1.29 is 52.1 Å². The zero-order chi connectivity index (χ0) is 93.3. The van der Waals surface area contributed by atoms with Crippen LogP contribution in [-0.4, -0.2) is 109 Å². The molecule has 6 aromatic carbocycles. The van der Waals surface area contributed by atoms with Crippen LogP contribution in [0, 0.1) is 24.7 Å². The molecule has 3 unspecified atom stereocenters.